The standard InChI is InChI=1S/C28H32O15/c1-9-18(31)21(34)23(36)27(39-9)42-16-8-12(29)7-15-17(16)20(33)26(43-28-24(37)22(35)19(32)10(2)40-28)25(41-15)11-4-5-13(30)14(6-11)38-3/h4-10,18-19,21-24,27-32,34-37H,1-3H3/t9-,10-,18-,19-,21+,22+,23+,24+,27-,28-/m0/s1. The van der Waals surface area contributed by atoms with E-state index >= 15 is 0 Å². The number of aliphatic hydroxyl groups excluding tert-OH is 6. The van der Waals surface area contributed by atoms with E-state index in [2.05, 4.69) is 0 Å². The Morgan fingerprint density at radius 3 is 1.88 bits per heavy atom. The fraction of sp³-hybridized carbons (Fsp3) is 0.464. The molecule has 0 bridgehead atoms. The molecule has 3 aromatic rings. The van der Waals surface area contributed by atoms with Crippen molar-refractivity contribution in [2.45, 2.75) is 75.3 Å². The van der Waals surface area contributed by atoms with Crippen LogP contribution in [0.5, 0.6) is 28.7 Å². The lowest BCUT2D eigenvalue weighted by molar-refractivity contribution is -0.268. The molecule has 10 atom stereocenters. The van der Waals surface area contributed by atoms with E-state index in [1.165, 1.54) is 39.2 Å². The number of aromatic hydroxyl groups is 2. The summed E-state index contributed by atoms with van der Waals surface area (Å²) in [6.45, 7) is 2.85. The molecule has 0 spiro atoms. The number of methoxy groups -OCH3 is 1. The maximum absolute atomic E-state index is 14.1. The first-order valence-electron chi connectivity index (χ1n) is 13.3. The van der Waals surface area contributed by atoms with Gasteiger partial charge in [-0.2, -0.15) is 0 Å². The molecule has 8 N–H and O–H groups in total. The predicted octanol–water partition coefficient (Wildman–Crippen LogP) is -0.708. The Hall–Kier alpha value is -3.67. The summed E-state index contributed by atoms with van der Waals surface area (Å²) in [7, 11) is 1.30. The lowest BCUT2D eigenvalue weighted by atomic mass is 10.00. The number of hydrogen-bond acceptors (Lipinski definition) is 15. The highest BCUT2D eigenvalue weighted by atomic mass is 16.7. The average molecular weight is 609 g/mol. The lowest BCUT2D eigenvalue weighted by Crippen LogP contribution is -2.58. The van der Waals surface area contributed by atoms with Crippen molar-refractivity contribution in [3.05, 3.63) is 40.6 Å². The van der Waals surface area contributed by atoms with Crippen LogP contribution < -0.4 is 19.6 Å². The fourth-order valence-corrected chi connectivity index (χ4v) is 4.92. The number of ether oxygens (including phenoxy) is 5. The molecule has 3 heterocycles. The van der Waals surface area contributed by atoms with Crippen molar-refractivity contribution in [2.24, 2.45) is 0 Å². The molecule has 5 rings (SSSR count). The highest BCUT2D eigenvalue weighted by molar-refractivity contribution is 5.88. The Labute approximate surface area is 243 Å². The number of aliphatic hydroxyl groups is 6. The van der Waals surface area contributed by atoms with E-state index in [9.17, 15) is 45.6 Å². The van der Waals surface area contributed by atoms with Gasteiger partial charge in [-0.05, 0) is 32.0 Å². The topological polar surface area (TPSA) is 238 Å². The summed E-state index contributed by atoms with van der Waals surface area (Å²) in [4.78, 5) is 14.1. The zero-order valence-corrected chi connectivity index (χ0v) is 23.1. The van der Waals surface area contributed by atoms with Gasteiger partial charge in [0.05, 0.1) is 19.3 Å². The van der Waals surface area contributed by atoms with E-state index < -0.39 is 78.3 Å². The largest absolute Gasteiger partial charge is 0.508 e. The molecule has 2 aliphatic rings. The van der Waals surface area contributed by atoms with Crippen molar-refractivity contribution in [1.29, 1.82) is 0 Å². The van der Waals surface area contributed by atoms with Gasteiger partial charge >= 0.3 is 0 Å². The smallest absolute Gasteiger partial charge is 0.239 e. The summed E-state index contributed by atoms with van der Waals surface area (Å²) in [5.74, 6) is -1.84. The van der Waals surface area contributed by atoms with Crippen LogP contribution in [0.1, 0.15) is 13.8 Å². The van der Waals surface area contributed by atoms with Crippen LogP contribution in [0.2, 0.25) is 0 Å². The van der Waals surface area contributed by atoms with Gasteiger partial charge in [0, 0.05) is 17.7 Å². The monoisotopic (exact) mass is 608 g/mol. The van der Waals surface area contributed by atoms with Crippen LogP contribution in [0.15, 0.2) is 39.5 Å². The summed E-state index contributed by atoms with van der Waals surface area (Å²) < 4.78 is 33.7. The molecule has 43 heavy (non-hydrogen) atoms. The van der Waals surface area contributed by atoms with Gasteiger partial charge in [-0.15, -0.1) is 0 Å². The van der Waals surface area contributed by atoms with Gasteiger partial charge in [0.15, 0.2) is 17.3 Å². The normalized spacial score (nSPS) is 32.9. The number of phenols is 2. The van der Waals surface area contributed by atoms with Crippen molar-refractivity contribution < 1.29 is 69.0 Å². The first kappa shape index (κ1) is 30.8. The highest BCUT2D eigenvalue weighted by Gasteiger charge is 2.45. The second-order valence-corrected chi connectivity index (χ2v) is 10.4. The Kier molecular flexibility index (Phi) is 8.43. The van der Waals surface area contributed by atoms with E-state index in [4.69, 9.17) is 28.1 Å². The second-order valence-electron chi connectivity index (χ2n) is 10.4. The molecule has 2 aliphatic heterocycles. The molecule has 2 aromatic carbocycles. The Morgan fingerprint density at radius 1 is 0.721 bits per heavy atom. The number of phenolic OH excluding ortho intramolecular Hbond substituents is 2. The minimum Gasteiger partial charge on any atom is -0.508 e. The van der Waals surface area contributed by atoms with Crippen LogP contribution in [0.4, 0.5) is 0 Å². The minimum absolute atomic E-state index is 0.00513. The minimum atomic E-state index is -1.81. The third kappa shape index (κ3) is 5.57. The Morgan fingerprint density at radius 2 is 1.30 bits per heavy atom. The van der Waals surface area contributed by atoms with E-state index in [-0.39, 0.29) is 39.5 Å². The number of benzene rings is 2. The Bertz CT molecular complexity index is 1540. The average Bonchev–Trinajstić information content (AvgIpc) is 2.97. The highest BCUT2D eigenvalue weighted by Crippen LogP contribution is 2.40. The van der Waals surface area contributed by atoms with E-state index in [1.54, 1.807) is 0 Å². The third-order valence-corrected chi connectivity index (χ3v) is 7.44. The molecular formula is C28H32O15. The molecule has 0 aliphatic carbocycles. The molecule has 1 aromatic heterocycles. The lowest BCUT2D eigenvalue weighted by Gasteiger charge is -2.39. The molecule has 15 heteroatoms. The van der Waals surface area contributed by atoms with Crippen molar-refractivity contribution in [2.75, 3.05) is 7.11 Å². The summed E-state index contributed by atoms with van der Waals surface area (Å²) in [5, 5.41) is 81.9. The fourth-order valence-electron chi connectivity index (χ4n) is 4.92. The molecule has 0 saturated carbocycles. The molecule has 15 nitrogen and oxygen atoms in total. The zero-order valence-electron chi connectivity index (χ0n) is 23.1. The SMILES string of the molecule is COc1cc(-c2oc3cc(O)cc(O[C@@H]4O[C@@H](C)[C@H](O)[C@@H](O)[C@H]4O)c3c(=O)c2O[C@@H]2O[C@@H](C)[C@H](O)[C@@H](O)[C@H]2O)ccc1O. The first-order chi connectivity index (χ1) is 20.3. The van der Waals surface area contributed by atoms with Crippen LogP contribution in [0.25, 0.3) is 22.3 Å². The molecule has 0 radical (unpaired) electrons. The maximum Gasteiger partial charge on any atom is 0.239 e. The van der Waals surface area contributed by atoms with Crippen LogP contribution in [0, 0.1) is 0 Å². The molecule has 2 saturated heterocycles. The quantitative estimate of drug-likeness (QED) is 0.173. The zero-order chi connectivity index (χ0) is 31.3. The Balaban J connectivity index is 1.68. The van der Waals surface area contributed by atoms with Gasteiger partial charge in [0.1, 0.15) is 59.1 Å². The number of rotatable bonds is 6. The predicted molar refractivity (Wildman–Crippen MR) is 144 cm³/mol. The summed E-state index contributed by atoms with van der Waals surface area (Å²) in [6.07, 6.45) is -15.0. The van der Waals surface area contributed by atoms with E-state index in [0.29, 0.717) is 0 Å². The first-order valence-corrected chi connectivity index (χ1v) is 13.3. The summed E-state index contributed by atoms with van der Waals surface area (Å²) in [6, 6.07) is 6.08. The van der Waals surface area contributed by atoms with Crippen LogP contribution in [-0.4, -0.2) is 109 Å². The van der Waals surface area contributed by atoms with Crippen molar-refractivity contribution in [1.82, 2.24) is 0 Å². The van der Waals surface area contributed by atoms with Gasteiger partial charge in [0.25, 0.3) is 0 Å². The van der Waals surface area contributed by atoms with Crippen molar-refractivity contribution >= 4 is 11.0 Å². The number of hydrogen-bond donors (Lipinski definition) is 8. The van der Waals surface area contributed by atoms with Crippen LogP contribution >= 0.6 is 0 Å². The second kappa shape index (κ2) is 11.8. The van der Waals surface area contributed by atoms with Gasteiger partial charge in [0.2, 0.25) is 23.8 Å². The van der Waals surface area contributed by atoms with Crippen molar-refractivity contribution in [3.63, 3.8) is 0 Å². The van der Waals surface area contributed by atoms with Gasteiger partial charge < -0.3 is 69.0 Å². The van der Waals surface area contributed by atoms with E-state index in [0.717, 1.165) is 12.1 Å². The van der Waals surface area contributed by atoms with Gasteiger partial charge in [-0.1, -0.05) is 0 Å². The molecule has 0 unspecified atom stereocenters. The molecular weight excluding hydrogens is 576 g/mol. The van der Waals surface area contributed by atoms with E-state index in [1.807, 2.05) is 0 Å². The summed E-state index contributed by atoms with van der Waals surface area (Å²) >= 11 is 0. The summed E-state index contributed by atoms with van der Waals surface area (Å²) in [5.41, 5.74) is -1.02. The van der Waals surface area contributed by atoms with Crippen LogP contribution in [-0.2, 0) is 9.47 Å². The maximum atomic E-state index is 14.1. The van der Waals surface area contributed by atoms with Crippen molar-refractivity contribution in [3.8, 4) is 40.1 Å². The van der Waals surface area contributed by atoms with Gasteiger partial charge in [-0.25, -0.2) is 0 Å². The van der Waals surface area contributed by atoms with Crippen LogP contribution in [0.3, 0.4) is 0 Å². The van der Waals surface area contributed by atoms with Gasteiger partial charge in [-0.3, -0.25) is 4.79 Å². The third-order valence-electron chi connectivity index (χ3n) is 7.44. The molecule has 0 amide bonds. The molecule has 234 valence electrons. The molecule has 2 fully saturated rings. The number of fused-ring (bicyclic) bond motifs is 1.